The third-order valence-electron chi connectivity index (χ3n) is 3.89. The Bertz CT molecular complexity index is 411. The topological polar surface area (TPSA) is 67.6 Å². The molecule has 4 heteroatoms. The Morgan fingerprint density at radius 3 is 2.68 bits per heavy atom. The number of piperidine rings is 1. The van der Waals surface area contributed by atoms with Gasteiger partial charge in [0.1, 0.15) is 6.17 Å². The van der Waals surface area contributed by atoms with Crippen LogP contribution in [-0.4, -0.2) is 23.6 Å². The van der Waals surface area contributed by atoms with Crippen molar-refractivity contribution < 1.29 is 0 Å². The average molecular weight is 260 g/mol. The third-order valence-corrected chi connectivity index (χ3v) is 3.89. The number of aliphatic imine (C=N–C) groups is 1. The van der Waals surface area contributed by atoms with Gasteiger partial charge in [-0.15, -0.1) is 0 Å². The first-order valence-electron chi connectivity index (χ1n) is 7.05. The molecule has 2 unspecified atom stereocenters. The first kappa shape index (κ1) is 13.9. The van der Waals surface area contributed by atoms with Crippen molar-refractivity contribution in [3.8, 4) is 0 Å². The molecule has 1 heterocycles. The Hall–Kier alpha value is -1.55. The van der Waals surface area contributed by atoms with Gasteiger partial charge in [-0.05, 0) is 24.3 Å². The molecule has 4 nitrogen and oxygen atoms in total. The van der Waals surface area contributed by atoms with Crippen LogP contribution < -0.4 is 11.5 Å². The van der Waals surface area contributed by atoms with Crippen LogP contribution in [0.15, 0.2) is 35.3 Å². The van der Waals surface area contributed by atoms with E-state index in [1.54, 1.807) is 0 Å². The molecule has 0 amide bonds. The molecule has 1 aromatic carbocycles. The summed E-state index contributed by atoms with van der Waals surface area (Å²) in [5.74, 6) is 0.930. The maximum absolute atomic E-state index is 5.57. The molecule has 0 radical (unpaired) electrons. The second-order valence-electron chi connectivity index (χ2n) is 5.29. The predicted octanol–water partition coefficient (Wildman–Crippen LogP) is 1.91. The van der Waals surface area contributed by atoms with Crippen molar-refractivity contribution in [3.05, 3.63) is 35.9 Å². The number of nitrogens with zero attached hydrogens (tertiary/aromatic N) is 2. The summed E-state index contributed by atoms with van der Waals surface area (Å²) in [4.78, 5) is 6.79. The molecule has 19 heavy (non-hydrogen) atoms. The minimum atomic E-state index is 0.129. The van der Waals surface area contributed by atoms with E-state index in [2.05, 4.69) is 41.1 Å². The van der Waals surface area contributed by atoms with Crippen LogP contribution in [0.2, 0.25) is 0 Å². The lowest BCUT2D eigenvalue weighted by Gasteiger charge is -2.37. The second-order valence-corrected chi connectivity index (χ2v) is 5.29. The molecule has 1 saturated heterocycles. The first-order valence-corrected chi connectivity index (χ1v) is 7.05. The largest absolute Gasteiger partial charge is 0.370 e. The Balaban J connectivity index is 2.07. The van der Waals surface area contributed by atoms with Gasteiger partial charge in [0, 0.05) is 13.1 Å². The summed E-state index contributed by atoms with van der Waals surface area (Å²) in [6.07, 6.45) is 3.63. The maximum atomic E-state index is 5.57. The van der Waals surface area contributed by atoms with Crippen LogP contribution in [0.5, 0.6) is 0 Å². The zero-order valence-corrected chi connectivity index (χ0v) is 11.6. The van der Waals surface area contributed by atoms with Crippen LogP contribution in [0.1, 0.15) is 31.7 Å². The van der Waals surface area contributed by atoms with Gasteiger partial charge < -0.3 is 11.5 Å². The highest BCUT2D eigenvalue weighted by Gasteiger charge is 2.27. The molecular weight excluding hydrogens is 236 g/mol. The molecule has 1 aliphatic heterocycles. The highest BCUT2D eigenvalue weighted by atomic mass is 15.3. The molecule has 0 aliphatic carbocycles. The van der Waals surface area contributed by atoms with Crippen molar-refractivity contribution in [2.45, 2.75) is 38.9 Å². The number of hydrogen-bond donors (Lipinski definition) is 2. The average Bonchev–Trinajstić information content (AvgIpc) is 2.41. The van der Waals surface area contributed by atoms with E-state index in [0.29, 0.717) is 0 Å². The molecule has 0 bridgehead atoms. The van der Waals surface area contributed by atoms with Gasteiger partial charge in [-0.3, -0.25) is 4.90 Å². The molecule has 2 atom stereocenters. The number of nitrogens with two attached hydrogens (primary N) is 2. The summed E-state index contributed by atoms with van der Waals surface area (Å²) in [5.41, 5.74) is 12.4. The SMILES string of the molecule is CCC1CCN(Cc2ccccc2)C(N=C(N)N)C1. The Morgan fingerprint density at radius 1 is 1.32 bits per heavy atom. The quantitative estimate of drug-likeness (QED) is 0.642. The van der Waals surface area contributed by atoms with E-state index < -0.39 is 0 Å². The highest BCUT2D eigenvalue weighted by Crippen LogP contribution is 2.27. The van der Waals surface area contributed by atoms with E-state index in [-0.39, 0.29) is 12.1 Å². The molecule has 0 spiro atoms. The fraction of sp³-hybridized carbons (Fsp3) is 0.533. The van der Waals surface area contributed by atoms with E-state index >= 15 is 0 Å². The summed E-state index contributed by atoms with van der Waals surface area (Å²) in [5, 5.41) is 0. The number of likely N-dealkylation sites (tertiary alicyclic amines) is 1. The Labute approximate surface area is 115 Å². The van der Waals surface area contributed by atoms with Crippen molar-refractivity contribution in [1.82, 2.24) is 4.90 Å². The summed E-state index contributed by atoms with van der Waals surface area (Å²) >= 11 is 0. The summed E-state index contributed by atoms with van der Waals surface area (Å²) in [7, 11) is 0. The minimum Gasteiger partial charge on any atom is -0.370 e. The second kappa shape index (κ2) is 6.57. The van der Waals surface area contributed by atoms with E-state index in [9.17, 15) is 0 Å². The van der Waals surface area contributed by atoms with E-state index in [1.807, 2.05) is 6.07 Å². The van der Waals surface area contributed by atoms with Crippen LogP contribution in [0.3, 0.4) is 0 Å². The number of hydrogen-bond acceptors (Lipinski definition) is 2. The van der Waals surface area contributed by atoms with Gasteiger partial charge >= 0.3 is 0 Å². The molecule has 4 N–H and O–H groups in total. The molecule has 1 aliphatic rings. The van der Waals surface area contributed by atoms with Crippen LogP contribution >= 0.6 is 0 Å². The molecule has 1 aromatic rings. The van der Waals surface area contributed by atoms with Crippen molar-refractivity contribution in [3.63, 3.8) is 0 Å². The number of benzene rings is 1. The monoisotopic (exact) mass is 260 g/mol. The lowest BCUT2D eigenvalue weighted by atomic mass is 9.92. The molecule has 2 rings (SSSR count). The van der Waals surface area contributed by atoms with Crippen LogP contribution in [0.4, 0.5) is 0 Å². The van der Waals surface area contributed by atoms with Crippen molar-refractivity contribution in [2.75, 3.05) is 6.54 Å². The van der Waals surface area contributed by atoms with Crippen LogP contribution in [-0.2, 0) is 6.54 Å². The standard InChI is InChI=1S/C15H24N4/c1-2-12-8-9-19(14(10-12)18-15(16)17)11-13-6-4-3-5-7-13/h3-7,12,14H,2,8-11H2,1H3,(H4,16,17,18). The molecular formula is C15H24N4. The molecule has 104 valence electrons. The van der Waals surface area contributed by atoms with Gasteiger partial charge in [0.2, 0.25) is 0 Å². The number of guanidine groups is 1. The van der Waals surface area contributed by atoms with Crippen molar-refractivity contribution in [1.29, 1.82) is 0 Å². The third kappa shape index (κ3) is 3.96. The predicted molar refractivity (Wildman–Crippen MR) is 79.5 cm³/mol. The van der Waals surface area contributed by atoms with Gasteiger partial charge in [0.25, 0.3) is 0 Å². The van der Waals surface area contributed by atoms with Gasteiger partial charge in [0.15, 0.2) is 5.96 Å². The lowest BCUT2D eigenvalue weighted by molar-refractivity contribution is 0.108. The highest BCUT2D eigenvalue weighted by molar-refractivity contribution is 5.75. The van der Waals surface area contributed by atoms with Crippen LogP contribution in [0, 0.1) is 5.92 Å². The first-order chi connectivity index (χ1) is 9.19. The minimum absolute atomic E-state index is 0.129. The Kier molecular flexibility index (Phi) is 4.80. The zero-order chi connectivity index (χ0) is 13.7. The fourth-order valence-corrected chi connectivity index (χ4v) is 2.74. The van der Waals surface area contributed by atoms with Gasteiger partial charge in [-0.2, -0.15) is 0 Å². The van der Waals surface area contributed by atoms with Crippen molar-refractivity contribution in [2.24, 2.45) is 22.4 Å². The van der Waals surface area contributed by atoms with E-state index in [4.69, 9.17) is 11.5 Å². The van der Waals surface area contributed by atoms with E-state index in [1.165, 1.54) is 18.4 Å². The Morgan fingerprint density at radius 2 is 2.05 bits per heavy atom. The fourth-order valence-electron chi connectivity index (χ4n) is 2.74. The summed E-state index contributed by atoms with van der Waals surface area (Å²) in [6.45, 7) is 4.22. The zero-order valence-electron chi connectivity index (χ0n) is 11.6. The maximum Gasteiger partial charge on any atom is 0.187 e. The number of rotatable bonds is 4. The van der Waals surface area contributed by atoms with Gasteiger partial charge in [-0.25, -0.2) is 4.99 Å². The summed E-state index contributed by atoms with van der Waals surface area (Å²) in [6, 6.07) is 10.5. The molecule has 1 fully saturated rings. The van der Waals surface area contributed by atoms with Crippen molar-refractivity contribution >= 4 is 5.96 Å². The molecule has 0 saturated carbocycles. The normalized spacial score (nSPS) is 24.1. The molecule has 0 aromatic heterocycles. The lowest BCUT2D eigenvalue weighted by Crippen LogP contribution is -2.42. The van der Waals surface area contributed by atoms with E-state index in [0.717, 1.165) is 25.4 Å². The smallest absolute Gasteiger partial charge is 0.187 e. The summed E-state index contributed by atoms with van der Waals surface area (Å²) < 4.78 is 0. The van der Waals surface area contributed by atoms with Gasteiger partial charge in [0.05, 0.1) is 0 Å². The van der Waals surface area contributed by atoms with Crippen LogP contribution in [0.25, 0.3) is 0 Å². The van der Waals surface area contributed by atoms with Gasteiger partial charge in [-0.1, -0.05) is 43.7 Å².